The van der Waals surface area contributed by atoms with Crippen molar-refractivity contribution in [3.8, 4) is 0 Å². The number of aliphatic hydroxyl groups is 4. The predicted molar refractivity (Wildman–Crippen MR) is 362 cm³/mol. The molecule has 4 atom stereocenters. The predicted octanol–water partition coefficient (Wildman–Crippen LogP) is 23.0. The third-order valence-electron chi connectivity index (χ3n) is 17.2. The van der Waals surface area contributed by atoms with Crippen LogP contribution in [-0.4, -0.2) is 57.3 Å². The summed E-state index contributed by atoms with van der Waals surface area (Å²) in [5.41, 5.74) is 0. The summed E-state index contributed by atoms with van der Waals surface area (Å²) in [4.78, 5) is 12.7. The van der Waals surface area contributed by atoms with Crippen LogP contribution >= 0.6 is 0 Å². The first-order chi connectivity index (χ1) is 40.5. The van der Waals surface area contributed by atoms with E-state index in [2.05, 4.69) is 79.9 Å². The Morgan fingerprint density at radius 1 is 0.305 bits per heavy atom. The summed E-state index contributed by atoms with van der Waals surface area (Å²) in [6.07, 6.45) is 93.6. The van der Waals surface area contributed by atoms with E-state index in [0.717, 1.165) is 57.8 Å². The largest absolute Gasteiger partial charge is 0.394 e. The van der Waals surface area contributed by atoms with E-state index in [-0.39, 0.29) is 0 Å². The monoisotopic (exact) mass is 1150 g/mol. The van der Waals surface area contributed by atoms with Crippen LogP contribution in [0.2, 0.25) is 0 Å². The third-order valence-corrected chi connectivity index (χ3v) is 17.2. The van der Waals surface area contributed by atoms with Gasteiger partial charge >= 0.3 is 0 Å². The molecule has 6 heteroatoms. The fraction of sp³-hybridized carbons (Fsp3) is 0.855. The number of amides is 1. The summed E-state index contributed by atoms with van der Waals surface area (Å²) < 4.78 is 0. The molecule has 482 valence electrons. The van der Waals surface area contributed by atoms with Gasteiger partial charge in [-0.05, 0) is 96.3 Å². The standard InChI is InChI=1S/C76H143NO5/c1-3-5-7-9-11-13-15-17-19-21-23-25-27-29-31-33-35-37-38-40-42-44-46-48-50-52-54-56-58-60-62-64-66-68-70-74(80)76(82)77-72(71-78)75(81)73(79)69-67-65-63-61-59-57-55-53-51-49-47-45-43-41-39-36-34-32-30-28-26-24-22-20-18-16-14-12-10-8-6-4-2/h27,29,33,35,45,47,53,55,61,63,72-75,78-81H,3-26,28,30-32,34,36-44,46,48-52,54,56-60,62,64-71H2,1-2H3,(H,77,82)/b29-27-,35-33-,47-45+,55-53+,63-61+. The van der Waals surface area contributed by atoms with Crippen LogP contribution in [0.1, 0.15) is 386 Å². The van der Waals surface area contributed by atoms with Gasteiger partial charge in [-0.2, -0.15) is 0 Å². The first-order valence-electron chi connectivity index (χ1n) is 36.7. The lowest BCUT2D eigenvalue weighted by atomic mass is 10.00. The molecule has 4 unspecified atom stereocenters. The summed E-state index contributed by atoms with van der Waals surface area (Å²) >= 11 is 0. The van der Waals surface area contributed by atoms with Crippen molar-refractivity contribution in [3.63, 3.8) is 0 Å². The Morgan fingerprint density at radius 2 is 0.549 bits per heavy atom. The molecular formula is C76H143NO5. The van der Waals surface area contributed by atoms with Crippen molar-refractivity contribution in [1.82, 2.24) is 5.32 Å². The smallest absolute Gasteiger partial charge is 0.249 e. The van der Waals surface area contributed by atoms with Gasteiger partial charge < -0.3 is 25.7 Å². The van der Waals surface area contributed by atoms with Crippen LogP contribution in [0.25, 0.3) is 0 Å². The van der Waals surface area contributed by atoms with Crippen molar-refractivity contribution < 1.29 is 25.2 Å². The Bertz CT molecular complexity index is 1390. The van der Waals surface area contributed by atoms with E-state index in [1.165, 1.54) is 295 Å². The lowest BCUT2D eigenvalue weighted by Gasteiger charge is -2.27. The minimum atomic E-state index is -1.30. The molecule has 0 spiro atoms. The summed E-state index contributed by atoms with van der Waals surface area (Å²) in [6.45, 7) is 4.09. The summed E-state index contributed by atoms with van der Waals surface area (Å²) in [6, 6.07) is -1.02. The molecule has 0 aliphatic heterocycles. The molecule has 82 heavy (non-hydrogen) atoms. The molecule has 0 rings (SSSR count). The molecule has 0 saturated carbocycles. The fourth-order valence-corrected chi connectivity index (χ4v) is 11.5. The van der Waals surface area contributed by atoms with E-state index in [9.17, 15) is 25.2 Å². The minimum Gasteiger partial charge on any atom is -0.394 e. The highest BCUT2D eigenvalue weighted by Gasteiger charge is 2.28. The van der Waals surface area contributed by atoms with Gasteiger partial charge in [0.15, 0.2) is 0 Å². The number of carbonyl (C=O) groups is 1. The Labute approximate surface area is 512 Å². The third kappa shape index (κ3) is 62.5. The average Bonchev–Trinajstić information content (AvgIpc) is 3.48. The molecule has 0 radical (unpaired) electrons. The zero-order valence-electron chi connectivity index (χ0n) is 55.0. The molecule has 0 aliphatic rings. The zero-order chi connectivity index (χ0) is 59.4. The number of allylic oxidation sites excluding steroid dienone is 10. The van der Waals surface area contributed by atoms with E-state index < -0.39 is 36.9 Å². The molecule has 0 saturated heterocycles. The quantitative estimate of drug-likeness (QED) is 0.0308. The van der Waals surface area contributed by atoms with Crippen LogP contribution in [-0.2, 0) is 4.79 Å². The number of carbonyl (C=O) groups excluding carboxylic acids is 1. The number of rotatable bonds is 68. The second-order valence-corrected chi connectivity index (χ2v) is 25.3. The van der Waals surface area contributed by atoms with E-state index in [1.807, 2.05) is 0 Å². The lowest BCUT2D eigenvalue weighted by molar-refractivity contribution is -0.132. The number of aliphatic hydroxyl groups excluding tert-OH is 4. The maximum absolute atomic E-state index is 12.7. The maximum Gasteiger partial charge on any atom is 0.249 e. The summed E-state index contributed by atoms with van der Waals surface area (Å²) in [7, 11) is 0. The Kier molecular flexibility index (Phi) is 68.1. The van der Waals surface area contributed by atoms with Crippen LogP contribution in [0.3, 0.4) is 0 Å². The number of nitrogens with one attached hydrogen (secondary N) is 1. The van der Waals surface area contributed by atoms with Gasteiger partial charge in [-0.1, -0.05) is 351 Å². The fourth-order valence-electron chi connectivity index (χ4n) is 11.5. The number of unbranched alkanes of at least 4 members (excludes halogenated alkanes) is 49. The molecule has 0 aromatic rings. The Morgan fingerprint density at radius 3 is 0.841 bits per heavy atom. The summed E-state index contributed by atoms with van der Waals surface area (Å²) in [5, 5.41) is 44.2. The number of hydrogen-bond donors (Lipinski definition) is 5. The zero-order valence-corrected chi connectivity index (χ0v) is 55.0. The van der Waals surface area contributed by atoms with Gasteiger partial charge in [-0.25, -0.2) is 0 Å². The Hall–Kier alpha value is -1.99. The van der Waals surface area contributed by atoms with Gasteiger partial charge in [0.25, 0.3) is 0 Å². The van der Waals surface area contributed by atoms with E-state index in [1.54, 1.807) is 0 Å². The van der Waals surface area contributed by atoms with Crippen molar-refractivity contribution in [2.45, 2.75) is 411 Å². The molecule has 5 N–H and O–H groups in total. The van der Waals surface area contributed by atoms with Gasteiger partial charge in [0.05, 0.1) is 18.8 Å². The SMILES string of the molecule is CCCCCCCCCCCCC/C=C\C/C=C\CCCCCCCCCCCCCCCCCCC(O)C(=O)NC(CO)C(O)C(O)CCC/C=C/CC/C=C/CC/C=C/CCCCCCCCCCCCCCCCCCCCC. The van der Waals surface area contributed by atoms with Crippen molar-refractivity contribution in [2.75, 3.05) is 6.61 Å². The van der Waals surface area contributed by atoms with Gasteiger partial charge in [0, 0.05) is 0 Å². The lowest BCUT2D eigenvalue weighted by Crippen LogP contribution is -2.53. The van der Waals surface area contributed by atoms with Crippen LogP contribution in [0.15, 0.2) is 60.8 Å². The van der Waals surface area contributed by atoms with E-state index >= 15 is 0 Å². The second kappa shape index (κ2) is 69.8. The van der Waals surface area contributed by atoms with Crippen molar-refractivity contribution in [1.29, 1.82) is 0 Å². The highest BCUT2D eigenvalue weighted by atomic mass is 16.3. The van der Waals surface area contributed by atoms with E-state index in [0.29, 0.717) is 19.3 Å². The van der Waals surface area contributed by atoms with Crippen LogP contribution in [0.5, 0.6) is 0 Å². The van der Waals surface area contributed by atoms with Crippen LogP contribution in [0, 0.1) is 0 Å². The van der Waals surface area contributed by atoms with E-state index in [4.69, 9.17) is 0 Å². The molecule has 1 amide bonds. The first kappa shape index (κ1) is 80.0. The summed E-state index contributed by atoms with van der Waals surface area (Å²) in [5.74, 6) is -0.596. The molecule has 0 heterocycles. The van der Waals surface area contributed by atoms with Gasteiger partial charge in [0.1, 0.15) is 12.2 Å². The van der Waals surface area contributed by atoms with Crippen molar-refractivity contribution >= 4 is 5.91 Å². The molecule has 0 aromatic carbocycles. The Balaban J connectivity index is 3.61. The topological polar surface area (TPSA) is 110 Å². The number of hydrogen-bond acceptors (Lipinski definition) is 5. The van der Waals surface area contributed by atoms with Gasteiger partial charge in [-0.3, -0.25) is 4.79 Å². The highest BCUT2D eigenvalue weighted by Crippen LogP contribution is 2.19. The maximum atomic E-state index is 12.7. The van der Waals surface area contributed by atoms with Gasteiger partial charge in [0.2, 0.25) is 5.91 Å². The molecule has 6 nitrogen and oxygen atoms in total. The normalized spacial score (nSPS) is 13.8. The molecule has 0 bridgehead atoms. The van der Waals surface area contributed by atoms with Crippen molar-refractivity contribution in [2.24, 2.45) is 0 Å². The first-order valence-corrected chi connectivity index (χ1v) is 36.7. The van der Waals surface area contributed by atoms with Gasteiger partial charge in [-0.15, -0.1) is 0 Å². The molecular weight excluding hydrogens is 1010 g/mol. The molecule has 0 fully saturated rings. The minimum absolute atomic E-state index is 0.358. The van der Waals surface area contributed by atoms with Crippen molar-refractivity contribution in [3.05, 3.63) is 60.8 Å². The average molecular weight is 1150 g/mol. The molecule has 0 aliphatic carbocycles. The second-order valence-electron chi connectivity index (χ2n) is 25.3. The van der Waals surface area contributed by atoms with Crippen LogP contribution in [0.4, 0.5) is 0 Å². The van der Waals surface area contributed by atoms with Crippen LogP contribution < -0.4 is 5.32 Å². The highest BCUT2D eigenvalue weighted by molar-refractivity contribution is 5.80. The molecule has 0 aromatic heterocycles.